The first-order valence-corrected chi connectivity index (χ1v) is 19.9. The van der Waals surface area contributed by atoms with Gasteiger partial charge in [0.2, 0.25) is 5.91 Å². The first-order valence-electron chi connectivity index (χ1n) is 19.5. The highest BCUT2D eigenvalue weighted by Crippen LogP contribution is 2.37. The van der Waals surface area contributed by atoms with Crippen LogP contribution in [-0.4, -0.2) is 88.9 Å². The van der Waals surface area contributed by atoms with Gasteiger partial charge in [0.25, 0.3) is 5.91 Å². The van der Waals surface area contributed by atoms with E-state index in [9.17, 15) is 14.4 Å². The fraction of sp³-hybridized carbons (Fsp3) is 0.463. The summed E-state index contributed by atoms with van der Waals surface area (Å²) in [4.78, 5) is 43.7. The Kier molecular flexibility index (Phi) is 10.9. The van der Waals surface area contributed by atoms with Crippen molar-refractivity contribution >= 4 is 51.9 Å². The van der Waals surface area contributed by atoms with E-state index in [1.165, 1.54) is 12.8 Å². The van der Waals surface area contributed by atoms with Gasteiger partial charge in [-0.25, -0.2) is 4.79 Å². The third-order valence-corrected chi connectivity index (χ3v) is 12.1. The molecule has 0 atom stereocenters. The van der Waals surface area contributed by atoms with Crippen LogP contribution in [0.2, 0.25) is 5.02 Å². The van der Waals surface area contributed by atoms with Crippen LogP contribution in [0.4, 0.5) is 16.3 Å². The van der Waals surface area contributed by atoms with Crippen LogP contribution in [0.5, 0.6) is 5.75 Å². The van der Waals surface area contributed by atoms with E-state index in [1.807, 2.05) is 18.2 Å². The van der Waals surface area contributed by atoms with E-state index in [0.717, 1.165) is 93.7 Å². The second-order valence-electron chi connectivity index (χ2n) is 15.2. The van der Waals surface area contributed by atoms with Gasteiger partial charge < -0.3 is 19.5 Å². The average molecular weight is 764 g/mol. The monoisotopic (exact) mass is 763 g/mol. The van der Waals surface area contributed by atoms with Crippen molar-refractivity contribution in [1.29, 1.82) is 5.26 Å². The van der Waals surface area contributed by atoms with Crippen LogP contribution in [0.25, 0.3) is 10.9 Å². The van der Waals surface area contributed by atoms with Crippen LogP contribution in [-0.2, 0) is 4.79 Å². The van der Waals surface area contributed by atoms with E-state index in [-0.39, 0.29) is 30.0 Å². The summed E-state index contributed by atoms with van der Waals surface area (Å²) in [5.41, 5.74) is 2.74. The first kappa shape index (κ1) is 36.8. The fourth-order valence-corrected chi connectivity index (χ4v) is 8.91. The number of aromatic nitrogens is 3. The van der Waals surface area contributed by atoms with E-state index in [4.69, 9.17) is 21.6 Å². The van der Waals surface area contributed by atoms with Crippen LogP contribution < -0.4 is 25.2 Å². The number of ether oxygens (including phenoxy) is 1. The number of fused-ring (bicyclic) bond motifs is 1. The molecule has 8 rings (SSSR count). The van der Waals surface area contributed by atoms with E-state index >= 15 is 0 Å². The maximum atomic E-state index is 13.0. The molecule has 14 heteroatoms. The van der Waals surface area contributed by atoms with Crippen molar-refractivity contribution in [3.63, 3.8) is 0 Å². The Morgan fingerprint density at radius 3 is 2.44 bits per heavy atom. The van der Waals surface area contributed by atoms with Crippen molar-refractivity contribution in [2.45, 2.75) is 76.0 Å². The third kappa shape index (κ3) is 8.26. The molecule has 2 aliphatic heterocycles. The largest absolute Gasteiger partial charge is 0.490 e. The van der Waals surface area contributed by atoms with Crippen LogP contribution in [0.1, 0.15) is 79.9 Å². The highest BCUT2D eigenvalue weighted by atomic mass is 35.5. The zero-order valence-corrected chi connectivity index (χ0v) is 31.6. The highest BCUT2D eigenvalue weighted by Gasteiger charge is 2.30. The van der Waals surface area contributed by atoms with Crippen molar-refractivity contribution in [2.75, 3.05) is 49.1 Å². The number of nitrogens with zero attached hydrogens (tertiary/aromatic N) is 7. The van der Waals surface area contributed by atoms with Gasteiger partial charge in [-0.1, -0.05) is 17.7 Å². The quantitative estimate of drug-likeness (QED) is 0.207. The van der Waals surface area contributed by atoms with Gasteiger partial charge >= 0.3 is 6.03 Å². The molecule has 0 bridgehead atoms. The molecule has 0 unspecified atom stereocenters. The molecule has 4 amide bonds. The summed E-state index contributed by atoms with van der Waals surface area (Å²) in [5, 5.41) is 24.8. The molecule has 2 N–H and O–H groups in total. The minimum Gasteiger partial charge on any atom is -0.490 e. The van der Waals surface area contributed by atoms with E-state index in [0.29, 0.717) is 47.0 Å². The number of urea groups is 1. The number of hydrogen-bond donors (Lipinski definition) is 2. The Balaban J connectivity index is 0.760. The molecule has 4 aromatic rings. The number of imide groups is 1. The minimum atomic E-state index is -0.352. The lowest BCUT2D eigenvalue weighted by Gasteiger charge is -2.38. The number of benzene rings is 2. The molecule has 2 saturated heterocycles. The number of carbonyl (C=O) groups is 3. The Bertz CT molecular complexity index is 2080. The summed E-state index contributed by atoms with van der Waals surface area (Å²) in [6.07, 6.45) is 10.3. The molecule has 4 aliphatic rings. The van der Waals surface area contributed by atoms with Crippen molar-refractivity contribution < 1.29 is 19.1 Å². The number of hydrogen-bond acceptors (Lipinski definition) is 9. The maximum Gasteiger partial charge on any atom is 0.328 e. The van der Waals surface area contributed by atoms with Gasteiger partial charge in [0, 0.05) is 75.4 Å². The van der Waals surface area contributed by atoms with Crippen molar-refractivity contribution in [3.8, 4) is 11.8 Å². The summed E-state index contributed by atoms with van der Waals surface area (Å²) in [6.45, 7) is 5.17. The summed E-state index contributed by atoms with van der Waals surface area (Å²) >= 11 is 6.15. The normalized spacial score (nSPS) is 23.6. The number of amides is 4. The smallest absolute Gasteiger partial charge is 0.328 e. The molecule has 2 aromatic heterocycles. The predicted octanol–water partition coefficient (Wildman–Crippen LogP) is 6.08. The number of carbonyl (C=O) groups excluding carboxylic acids is 3. The molecular formula is C41H46ClN9O4. The van der Waals surface area contributed by atoms with Crippen LogP contribution in [0.15, 0.2) is 60.8 Å². The lowest BCUT2D eigenvalue weighted by Crippen LogP contribution is -2.49. The van der Waals surface area contributed by atoms with Gasteiger partial charge in [-0.3, -0.25) is 24.7 Å². The van der Waals surface area contributed by atoms with Gasteiger partial charge in [-0.05, 0) is 99.7 Å². The topological polar surface area (TPSA) is 149 Å². The van der Waals surface area contributed by atoms with Gasteiger partial charge in [-0.15, -0.1) is 10.2 Å². The number of nitriles is 1. The molecule has 55 heavy (non-hydrogen) atoms. The number of piperazine rings is 1. The number of rotatable bonds is 9. The predicted molar refractivity (Wildman–Crippen MR) is 209 cm³/mol. The summed E-state index contributed by atoms with van der Waals surface area (Å²) in [6, 6.07) is 19.2. The lowest BCUT2D eigenvalue weighted by molar-refractivity contribution is -0.120. The van der Waals surface area contributed by atoms with Crippen molar-refractivity contribution in [3.05, 3.63) is 77.1 Å². The Hall–Kier alpha value is -5.19. The van der Waals surface area contributed by atoms with Crippen LogP contribution in [0.3, 0.4) is 0 Å². The van der Waals surface area contributed by atoms with Crippen LogP contribution >= 0.6 is 11.6 Å². The Morgan fingerprint density at radius 1 is 0.927 bits per heavy atom. The third-order valence-electron chi connectivity index (χ3n) is 11.8. The fourth-order valence-electron chi connectivity index (χ4n) is 8.70. The second kappa shape index (κ2) is 16.3. The standard InChI is InChI=1S/C41H46ClN9O4/c42-34-24-32(11-6-28(34)25-43)55-31-12-7-29(8-13-31)44-40(53)35-14-15-38(47-46-35)49-22-20-48(21-23-49)26-27-4-9-30(10-5-27)50-18-16-33-36(50)2-1-3-37(33)51-19-17-39(52)45-41(51)54/h1-3,6,11,14-16,18,24,27,29-31H,4-5,7-10,12-13,17,19-23,26H2,(H,44,53)(H,45,52,54). The molecule has 0 radical (unpaired) electrons. The molecule has 4 heterocycles. The SMILES string of the molecule is N#Cc1ccc(OC2CCC(NC(=O)c3ccc(N4CCN(CC5CCC(n6ccc7c(N8CCC(=O)NC8=O)cccc76)CC5)CC4)nn3)CC2)cc1Cl. The van der Waals surface area contributed by atoms with E-state index in [1.54, 1.807) is 29.2 Å². The number of halogens is 1. The summed E-state index contributed by atoms with van der Waals surface area (Å²) in [7, 11) is 0. The minimum absolute atomic E-state index is 0.0343. The van der Waals surface area contributed by atoms with Gasteiger partial charge in [0.15, 0.2) is 11.5 Å². The number of anilines is 2. The Morgan fingerprint density at radius 2 is 1.73 bits per heavy atom. The summed E-state index contributed by atoms with van der Waals surface area (Å²) in [5.74, 6) is 1.69. The summed E-state index contributed by atoms with van der Waals surface area (Å²) < 4.78 is 8.47. The Labute approximate surface area is 325 Å². The molecular weight excluding hydrogens is 718 g/mol. The maximum absolute atomic E-state index is 13.0. The van der Waals surface area contributed by atoms with Crippen molar-refractivity contribution in [1.82, 2.24) is 30.3 Å². The van der Waals surface area contributed by atoms with Crippen molar-refractivity contribution in [2.24, 2.45) is 5.92 Å². The first-order chi connectivity index (χ1) is 26.8. The van der Waals surface area contributed by atoms with Gasteiger partial charge in [-0.2, -0.15) is 5.26 Å². The number of nitrogens with one attached hydrogen (secondary N) is 2. The van der Waals surface area contributed by atoms with Gasteiger partial charge in [0.1, 0.15) is 11.8 Å². The molecule has 286 valence electrons. The van der Waals surface area contributed by atoms with E-state index in [2.05, 4.69) is 59.6 Å². The lowest BCUT2D eigenvalue weighted by atomic mass is 9.85. The highest BCUT2D eigenvalue weighted by molar-refractivity contribution is 6.31. The zero-order chi connectivity index (χ0) is 37.9. The molecule has 2 saturated carbocycles. The molecule has 4 fully saturated rings. The molecule has 2 aliphatic carbocycles. The molecule has 13 nitrogen and oxygen atoms in total. The molecule has 0 spiro atoms. The average Bonchev–Trinajstić information content (AvgIpc) is 3.64. The van der Waals surface area contributed by atoms with E-state index < -0.39 is 0 Å². The molecule has 2 aromatic carbocycles. The van der Waals surface area contributed by atoms with Gasteiger partial charge in [0.05, 0.1) is 27.9 Å². The van der Waals surface area contributed by atoms with Crippen LogP contribution in [0, 0.1) is 17.2 Å². The zero-order valence-electron chi connectivity index (χ0n) is 30.8. The second-order valence-corrected chi connectivity index (χ2v) is 15.7.